The van der Waals surface area contributed by atoms with Crippen molar-refractivity contribution < 1.29 is 0 Å². The monoisotopic (exact) mass is 242 g/mol. The smallest absolute Gasteiger partial charge is 0.0480 e. The van der Waals surface area contributed by atoms with Gasteiger partial charge in [-0.3, -0.25) is 0 Å². The van der Waals surface area contributed by atoms with E-state index in [0.717, 1.165) is 0 Å². The highest BCUT2D eigenvalue weighted by atomic mass is 14.9. The van der Waals surface area contributed by atoms with Crippen molar-refractivity contribution in [3.8, 4) is 0 Å². The van der Waals surface area contributed by atoms with Crippen molar-refractivity contribution in [3.63, 3.8) is 0 Å². The molecule has 0 saturated carbocycles. The molecule has 0 amide bonds. The van der Waals surface area contributed by atoms with Crippen LogP contribution in [0.15, 0.2) is 24.4 Å². The minimum atomic E-state index is 0.671. The molecule has 0 spiro atoms. The molecule has 2 aromatic rings. The zero-order valence-electron chi connectivity index (χ0n) is 11.4. The zero-order valence-corrected chi connectivity index (χ0v) is 11.4. The third-order valence-electron chi connectivity index (χ3n) is 4.11. The Kier molecular flexibility index (Phi) is 3.13. The van der Waals surface area contributed by atoms with Crippen LogP contribution in [0.5, 0.6) is 0 Å². The molecule has 2 heteroatoms. The van der Waals surface area contributed by atoms with Gasteiger partial charge in [0.1, 0.15) is 0 Å². The number of benzene rings is 1. The number of nitrogens with one attached hydrogen (secondary N) is 1. The van der Waals surface area contributed by atoms with E-state index in [9.17, 15) is 0 Å². The highest BCUT2D eigenvalue weighted by molar-refractivity contribution is 5.84. The summed E-state index contributed by atoms with van der Waals surface area (Å²) in [6.45, 7) is 3.36. The first kappa shape index (κ1) is 11.8. The van der Waals surface area contributed by atoms with Crippen LogP contribution in [-0.4, -0.2) is 17.2 Å². The first-order valence-corrected chi connectivity index (χ1v) is 7.02. The minimum Gasteiger partial charge on any atom is -0.350 e. The van der Waals surface area contributed by atoms with Gasteiger partial charge in [0.05, 0.1) is 0 Å². The second-order valence-electron chi connectivity index (χ2n) is 5.64. The quantitative estimate of drug-likeness (QED) is 0.856. The Labute approximate surface area is 109 Å². The Morgan fingerprint density at radius 1 is 1.33 bits per heavy atom. The van der Waals surface area contributed by atoms with Crippen molar-refractivity contribution >= 4 is 10.9 Å². The van der Waals surface area contributed by atoms with Gasteiger partial charge in [0.2, 0.25) is 0 Å². The predicted molar refractivity (Wildman–Crippen MR) is 77.0 cm³/mol. The van der Waals surface area contributed by atoms with Crippen LogP contribution in [0.25, 0.3) is 10.9 Å². The van der Waals surface area contributed by atoms with Crippen LogP contribution in [0.3, 0.4) is 0 Å². The fourth-order valence-corrected chi connectivity index (χ4v) is 3.11. The van der Waals surface area contributed by atoms with Crippen molar-refractivity contribution in [1.82, 2.24) is 9.88 Å². The topological polar surface area (TPSA) is 17.0 Å². The summed E-state index contributed by atoms with van der Waals surface area (Å²) < 4.78 is 2.26. The molecular weight excluding hydrogens is 220 g/mol. The number of hydrogen-bond acceptors (Lipinski definition) is 1. The van der Waals surface area contributed by atoms with E-state index in [1.807, 2.05) is 0 Å². The summed E-state index contributed by atoms with van der Waals surface area (Å²) in [5.41, 5.74) is 4.20. The summed E-state index contributed by atoms with van der Waals surface area (Å²) in [5, 5.41) is 5.08. The molecule has 0 aliphatic carbocycles. The van der Waals surface area contributed by atoms with Gasteiger partial charge in [-0.2, -0.15) is 0 Å². The van der Waals surface area contributed by atoms with Crippen LogP contribution in [0.1, 0.15) is 30.4 Å². The average molecular weight is 242 g/mol. The van der Waals surface area contributed by atoms with Crippen LogP contribution in [-0.2, 0) is 13.5 Å². The Morgan fingerprint density at radius 2 is 2.22 bits per heavy atom. The maximum Gasteiger partial charge on any atom is 0.0480 e. The number of piperidine rings is 1. The van der Waals surface area contributed by atoms with Crippen LogP contribution in [0.2, 0.25) is 0 Å². The van der Waals surface area contributed by atoms with E-state index in [1.54, 1.807) is 0 Å². The summed E-state index contributed by atoms with van der Waals surface area (Å²) in [7, 11) is 2.15. The number of rotatable bonds is 2. The van der Waals surface area contributed by atoms with Crippen LogP contribution < -0.4 is 5.32 Å². The maximum absolute atomic E-state index is 3.65. The van der Waals surface area contributed by atoms with Gasteiger partial charge >= 0.3 is 0 Å². The summed E-state index contributed by atoms with van der Waals surface area (Å²) in [4.78, 5) is 0. The SMILES string of the molecule is Cc1ccc2c(c1)c(CC1CCCCN1)cn2C. The van der Waals surface area contributed by atoms with Crippen molar-refractivity contribution in [2.24, 2.45) is 7.05 Å². The lowest BCUT2D eigenvalue weighted by Gasteiger charge is -2.23. The lowest BCUT2D eigenvalue weighted by Crippen LogP contribution is -2.35. The number of nitrogens with zero attached hydrogens (tertiary/aromatic N) is 1. The summed E-state index contributed by atoms with van der Waals surface area (Å²) in [6.07, 6.45) is 7.51. The largest absolute Gasteiger partial charge is 0.350 e. The molecule has 18 heavy (non-hydrogen) atoms. The van der Waals surface area contributed by atoms with Gasteiger partial charge < -0.3 is 9.88 Å². The summed E-state index contributed by atoms with van der Waals surface area (Å²) >= 11 is 0. The number of aromatic nitrogens is 1. The van der Waals surface area contributed by atoms with Gasteiger partial charge in [0, 0.05) is 30.2 Å². The van der Waals surface area contributed by atoms with Gasteiger partial charge in [-0.1, -0.05) is 18.1 Å². The number of fused-ring (bicyclic) bond motifs is 1. The van der Waals surface area contributed by atoms with Crippen molar-refractivity contribution in [3.05, 3.63) is 35.5 Å². The van der Waals surface area contributed by atoms with Crippen molar-refractivity contribution in [2.75, 3.05) is 6.54 Å². The number of hydrogen-bond donors (Lipinski definition) is 1. The van der Waals surface area contributed by atoms with E-state index in [0.29, 0.717) is 6.04 Å². The Bertz CT molecular complexity index is 547. The Balaban J connectivity index is 1.93. The van der Waals surface area contributed by atoms with Crippen molar-refractivity contribution in [1.29, 1.82) is 0 Å². The second kappa shape index (κ2) is 4.77. The lowest BCUT2D eigenvalue weighted by molar-refractivity contribution is 0.400. The van der Waals surface area contributed by atoms with E-state index >= 15 is 0 Å². The van der Waals surface area contributed by atoms with Gasteiger partial charge in [0.25, 0.3) is 0 Å². The molecule has 0 bridgehead atoms. The highest BCUT2D eigenvalue weighted by Crippen LogP contribution is 2.24. The molecular formula is C16H22N2. The van der Waals surface area contributed by atoms with Crippen LogP contribution >= 0.6 is 0 Å². The molecule has 0 radical (unpaired) electrons. The summed E-state index contributed by atoms with van der Waals surface area (Å²) in [6, 6.07) is 7.44. The van der Waals surface area contributed by atoms with Gasteiger partial charge in [-0.05, 0) is 50.4 Å². The molecule has 1 aliphatic heterocycles. The van der Waals surface area contributed by atoms with E-state index in [2.05, 4.69) is 48.3 Å². The fraction of sp³-hybridized carbons (Fsp3) is 0.500. The fourth-order valence-electron chi connectivity index (χ4n) is 3.11. The zero-order chi connectivity index (χ0) is 12.5. The van der Waals surface area contributed by atoms with Gasteiger partial charge in [0.15, 0.2) is 0 Å². The van der Waals surface area contributed by atoms with E-state index in [-0.39, 0.29) is 0 Å². The normalized spacial score (nSPS) is 20.4. The van der Waals surface area contributed by atoms with Gasteiger partial charge in [-0.25, -0.2) is 0 Å². The molecule has 1 fully saturated rings. The predicted octanol–water partition coefficient (Wildman–Crippen LogP) is 3.17. The van der Waals surface area contributed by atoms with E-state index in [1.165, 1.54) is 54.3 Å². The standard InChI is InChI=1S/C16H22N2/c1-12-6-7-16-15(9-12)13(11-18(16)2)10-14-5-3-4-8-17-14/h6-7,9,11,14,17H,3-5,8,10H2,1-2H3. The average Bonchev–Trinajstić information content (AvgIpc) is 2.67. The second-order valence-corrected chi connectivity index (χ2v) is 5.64. The van der Waals surface area contributed by atoms with Crippen molar-refractivity contribution in [2.45, 2.75) is 38.6 Å². The molecule has 2 nitrogen and oxygen atoms in total. The van der Waals surface area contributed by atoms with Crippen LogP contribution in [0.4, 0.5) is 0 Å². The highest BCUT2D eigenvalue weighted by Gasteiger charge is 2.15. The van der Waals surface area contributed by atoms with E-state index < -0.39 is 0 Å². The first-order chi connectivity index (χ1) is 8.74. The molecule has 3 rings (SSSR count). The molecule has 1 saturated heterocycles. The van der Waals surface area contributed by atoms with E-state index in [4.69, 9.17) is 0 Å². The molecule has 1 N–H and O–H groups in total. The molecule has 1 aromatic carbocycles. The first-order valence-electron chi connectivity index (χ1n) is 7.02. The minimum absolute atomic E-state index is 0.671. The molecule has 1 atom stereocenters. The Morgan fingerprint density at radius 3 is 3.00 bits per heavy atom. The molecule has 1 aromatic heterocycles. The Hall–Kier alpha value is -1.28. The molecule has 1 unspecified atom stereocenters. The number of aryl methyl sites for hydroxylation is 2. The van der Waals surface area contributed by atoms with Gasteiger partial charge in [-0.15, -0.1) is 0 Å². The third kappa shape index (κ3) is 2.17. The summed E-state index contributed by atoms with van der Waals surface area (Å²) in [5.74, 6) is 0. The van der Waals surface area contributed by atoms with Crippen LogP contribution in [0, 0.1) is 6.92 Å². The molecule has 1 aliphatic rings. The third-order valence-corrected chi connectivity index (χ3v) is 4.11. The lowest BCUT2D eigenvalue weighted by atomic mass is 9.97. The molecule has 96 valence electrons. The maximum atomic E-state index is 3.65. The molecule has 2 heterocycles.